The average Bonchev–Trinajstić information content (AvgIpc) is 3.11. The number of hydrogen-bond donors (Lipinski definition) is 1. The molecule has 0 aliphatic carbocycles. The molecule has 1 aliphatic heterocycles. The molecule has 3 heterocycles. The Bertz CT molecular complexity index is 605. The highest BCUT2D eigenvalue weighted by molar-refractivity contribution is 5.75. The van der Waals surface area contributed by atoms with Gasteiger partial charge in [0.2, 0.25) is 5.91 Å². The van der Waals surface area contributed by atoms with E-state index in [1.165, 1.54) is 25.6 Å². The van der Waals surface area contributed by atoms with Gasteiger partial charge in [0.25, 0.3) is 0 Å². The summed E-state index contributed by atoms with van der Waals surface area (Å²) in [5.74, 6) is 2.09. The standard InChI is InChI=1S/C14H21N7O/c22-14(6-9-20-11-15-10-17-20)16-7-5-13-19-18-12-4-2-1-3-8-21(12)13/h10-11H,1-9H2,(H,16,22). The summed E-state index contributed by atoms with van der Waals surface area (Å²) in [4.78, 5) is 15.6. The third-order valence-electron chi connectivity index (χ3n) is 3.89. The van der Waals surface area contributed by atoms with E-state index in [1.807, 2.05) is 0 Å². The first-order valence-corrected chi connectivity index (χ1v) is 7.83. The first kappa shape index (κ1) is 14.7. The van der Waals surface area contributed by atoms with Crippen LogP contribution in [0.15, 0.2) is 12.7 Å². The molecule has 2 aromatic heterocycles. The Morgan fingerprint density at radius 1 is 1.27 bits per heavy atom. The Hall–Kier alpha value is -2.25. The van der Waals surface area contributed by atoms with E-state index in [2.05, 4.69) is 30.2 Å². The molecular weight excluding hydrogens is 282 g/mol. The average molecular weight is 303 g/mol. The zero-order chi connectivity index (χ0) is 15.2. The second-order valence-corrected chi connectivity index (χ2v) is 5.50. The van der Waals surface area contributed by atoms with Gasteiger partial charge in [-0.15, -0.1) is 10.2 Å². The fourth-order valence-corrected chi connectivity index (χ4v) is 2.70. The highest BCUT2D eigenvalue weighted by Gasteiger charge is 2.14. The third-order valence-corrected chi connectivity index (χ3v) is 3.89. The number of hydrogen-bond acceptors (Lipinski definition) is 5. The van der Waals surface area contributed by atoms with Gasteiger partial charge in [-0.05, 0) is 12.8 Å². The molecule has 0 bridgehead atoms. The van der Waals surface area contributed by atoms with Gasteiger partial charge in [-0.25, -0.2) is 4.98 Å². The Kier molecular flexibility index (Phi) is 4.77. The molecule has 0 atom stereocenters. The maximum Gasteiger partial charge on any atom is 0.221 e. The van der Waals surface area contributed by atoms with E-state index in [1.54, 1.807) is 11.0 Å². The van der Waals surface area contributed by atoms with Crippen molar-refractivity contribution in [2.24, 2.45) is 0 Å². The van der Waals surface area contributed by atoms with Crippen LogP contribution in [0, 0.1) is 0 Å². The summed E-state index contributed by atoms with van der Waals surface area (Å²) in [7, 11) is 0. The molecule has 0 spiro atoms. The largest absolute Gasteiger partial charge is 0.356 e. The monoisotopic (exact) mass is 303 g/mol. The molecule has 8 nitrogen and oxygen atoms in total. The molecule has 1 amide bonds. The summed E-state index contributed by atoms with van der Waals surface area (Å²) in [5, 5.41) is 15.4. The molecule has 0 saturated carbocycles. The Labute approximate surface area is 128 Å². The van der Waals surface area contributed by atoms with Crippen molar-refractivity contribution < 1.29 is 4.79 Å². The zero-order valence-electron chi connectivity index (χ0n) is 12.6. The highest BCUT2D eigenvalue weighted by atomic mass is 16.1. The van der Waals surface area contributed by atoms with Crippen molar-refractivity contribution in [3.05, 3.63) is 24.3 Å². The van der Waals surface area contributed by atoms with Crippen molar-refractivity contribution >= 4 is 5.91 Å². The van der Waals surface area contributed by atoms with E-state index in [9.17, 15) is 4.79 Å². The number of aryl methyl sites for hydroxylation is 2. The van der Waals surface area contributed by atoms with Gasteiger partial charge in [-0.1, -0.05) is 6.42 Å². The predicted molar refractivity (Wildman–Crippen MR) is 78.9 cm³/mol. The van der Waals surface area contributed by atoms with E-state index in [0.717, 1.165) is 31.0 Å². The molecule has 0 fully saturated rings. The molecule has 3 rings (SSSR count). The number of rotatable bonds is 6. The molecule has 2 aromatic rings. The lowest BCUT2D eigenvalue weighted by atomic mass is 10.2. The summed E-state index contributed by atoms with van der Waals surface area (Å²) >= 11 is 0. The van der Waals surface area contributed by atoms with Crippen molar-refractivity contribution in [3.8, 4) is 0 Å². The second kappa shape index (κ2) is 7.15. The lowest BCUT2D eigenvalue weighted by Crippen LogP contribution is -2.27. The molecule has 118 valence electrons. The van der Waals surface area contributed by atoms with E-state index < -0.39 is 0 Å². The van der Waals surface area contributed by atoms with Crippen molar-refractivity contribution in [1.82, 2.24) is 34.8 Å². The lowest BCUT2D eigenvalue weighted by molar-refractivity contribution is -0.121. The van der Waals surface area contributed by atoms with Crippen molar-refractivity contribution in [1.29, 1.82) is 0 Å². The molecule has 8 heteroatoms. The Balaban J connectivity index is 1.43. The van der Waals surface area contributed by atoms with Crippen LogP contribution >= 0.6 is 0 Å². The van der Waals surface area contributed by atoms with Crippen molar-refractivity contribution in [2.75, 3.05) is 6.54 Å². The van der Waals surface area contributed by atoms with Crippen LogP contribution in [0.4, 0.5) is 0 Å². The van der Waals surface area contributed by atoms with E-state index in [4.69, 9.17) is 0 Å². The third kappa shape index (κ3) is 3.69. The van der Waals surface area contributed by atoms with Gasteiger partial charge >= 0.3 is 0 Å². The van der Waals surface area contributed by atoms with Crippen molar-refractivity contribution in [3.63, 3.8) is 0 Å². The summed E-state index contributed by atoms with van der Waals surface area (Å²) < 4.78 is 3.87. The fraction of sp³-hybridized carbons (Fsp3) is 0.643. The van der Waals surface area contributed by atoms with Crippen LogP contribution in [-0.2, 0) is 30.7 Å². The number of aromatic nitrogens is 6. The quantitative estimate of drug-likeness (QED) is 0.831. The minimum atomic E-state index is 0.0195. The van der Waals surface area contributed by atoms with Gasteiger partial charge in [-0.3, -0.25) is 9.48 Å². The molecule has 0 saturated heterocycles. The summed E-state index contributed by atoms with van der Waals surface area (Å²) in [5.41, 5.74) is 0. The van der Waals surface area contributed by atoms with Gasteiger partial charge in [0.05, 0.1) is 6.54 Å². The number of nitrogens with zero attached hydrogens (tertiary/aromatic N) is 6. The second-order valence-electron chi connectivity index (χ2n) is 5.50. The number of fused-ring (bicyclic) bond motifs is 1. The van der Waals surface area contributed by atoms with Gasteiger partial charge in [0.1, 0.15) is 24.3 Å². The van der Waals surface area contributed by atoms with E-state index in [-0.39, 0.29) is 5.91 Å². The zero-order valence-corrected chi connectivity index (χ0v) is 12.6. The molecular formula is C14H21N7O. The van der Waals surface area contributed by atoms with Gasteiger partial charge < -0.3 is 9.88 Å². The van der Waals surface area contributed by atoms with Crippen LogP contribution in [0.1, 0.15) is 37.3 Å². The SMILES string of the molecule is O=C(CCn1cncn1)NCCc1nnc2n1CCCCC2. The summed E-state index contributed by atoms with van der Waals surface area (Å²) in [6.07, 6.45) is 8.84. The van der Waals surface area contributed by atoms with Crippen LogP contribution in [0.3, 0.4) is 0 Å². The normalized spacial score (nSPS) is 14.4. The topological polar surface area (TPSA) is 90.5 Å². The molecule has 0 unspecified atom stereocenters. The van der Waals surface area contributed by atoms with Gasteiger partial charge in [-0.2, -0.15) is 5.10 Å². The van der Waals surface area contributed by atoms with E-state index in [0.29, 0.717) is 19.5 Å². The number of carbonyl (C=O) groups is 1. The van der Waals surface area contributed by atoms with Crippen LogP contribution in [-0.4, -0.2) is 42.0 Å². The molecule has 1 aliphatic rings. The molecule has 0 aromatic carbocycles. The van der Waals surface area contributed by atoms with E-state index >= 15 is 0 Å². The van der Waals surface area contributed by atoms with Crippen LogP contribution in [0.2, 0.25) is 0 Å². The minimum Gasteiger partial charge on any atom is -0.356 e. The Morgan fingerprint density at radius 3 is 3.09 bits per heavy atom. The molecule has 0 radical (unpaired) electrons. The first-order chi connectivity index (χ1) is 10.8. The number of amides is 1. The maximum atomic E-state index is 11.8. The molecule has 22 heavy (non-hydrogen) atoms. The first-order valence-electron chi connectivity index (χ1n) is 7.83. The summed E-state index contributed by atoms with van der Waals surface area (Å²) in [6.45, 7) is 2.14. The Morgan fingerprint density at radius 2 is 2.23 bits per heavy atom. The molecule has 1 N–H and O–H groups in total. The van der Waals surface area contributed by atoms with Crippen LogP contribution in [0.25, 0.3) is 0 Å². The number of nitrogens with one attached hydrogen (secondary N) is 1. The minimum absolute atomic E-state index is 0.0195. The highest BCUT2D eigenvalue weighted by Crippen LogP contribution is 2.14. The lowest BCUT2D eigenvalue weighted by Gasteiger charge is -2.08. The van der Waals surface area contributed by atoms with Crippen LogP contribution in [0.5, 0.6) is 0 Å². The van der Waals surface area contributed by atoms with Gasteiger partial charge in [0, 0.05) is 32.4 Å². The summed E-state index contributed by atoms with van der Waals surface area (Å²) in [6, 6.07) is 0. The van der Waals surface area contributed by atoms with Crippen molar-refractivity contribution in [2.45, 2.75) is 51.6 Å². The van der Waals surface area contributed by atoms with Gasteiger partial charge in [0.15, 0.2) is 0 Å². The maximum absolute atomic E-state index is 11.8. The smallest absolute Gasteiger partial charge is 0.221 e. The predicted octanol–water partition coefficient (Wildman–Crippen LogP) is 0.345. The number of carbonyl (C=O) groups excluding carboxylic acids is 1. The van der Waals surface area contributed by atoms with Crippen LogP contribution < -0.4 is 5.32 Å². The fourth-order valence-electron chi connectivity index (χ4n) is 2.70.